The summed E-state index contributed by atoms with van der Waals surface area (Å²) in [5.74, 6) is 0.520. The summed E-state index contributed by atoms with van der Waals surface area (Å²) < 4.78 is 0. The van der Waals surface area contributed by atoms with Gasteiger partial charge in [0.15, 0.2) is 0 Å². The molecule has 1 aromatic carbocycles. The second-order valence-electron chi connectivity index (χ2n) is 4.86. The predicted octanol–water partition coefficient (Wildman–Crippen LogP) is 2.55. The van der Waals surface area contributed by atoms with E-state index in [1.807, 2.05) is 24.3 Å². The summed E-state index contributed by atoms with van der Waals surface area (Å²) in [6.45, 7) is 3.71. The number of pyridine rings is 1. The van der Waals surface area contributed by atoms with Gasteiger partial charge in [0.25, 0.3) is 0 Å². The molecular weight excluding hydrogens is 292 g/mol. The van der Waals surface area contributed by atoms with Crippen molar-refractivity contribution in [2.24, 2.45) is 0 Å². The Morgan fingerprint density at radius 3 is 2.65 bits per heavy atom. The Morgan fingerprint density at radius 1 is 1.20 bits per heavy atom. The quantitative estimate of drug-likeness (QED) is 0.864. The molecule has 6 heteroatoms. The first-order valence-corrected chi connectivity index (χ1v) is 7.32. The van der Waals surface area contributed by atoms with Crippen molar-refractivity contribution in [2.75, 3.05) is 36.8 Å². The molecule has 4 nitrogen and oxygen atoms in total. The molecule has 0 spiro atoms. The zero-order valence-electron chi connectivity index (χ0n) is 10.9. The molecule has 0 saturated carbocycles. The third-order valence-electron chi connectivity index (χ3n) is 3.57. The summed E-state index contributed by atoms with van der Waals surface area (Å²) >= 11 is 11.0. The highest BCUT2D eigenvalue weighted by molar-refractivity contribution is 7.78. The number of nitrogen functional groups attached to an aromatic ring is 1. The molecule has 0 aliphatic carbocycles. The Balaban J connectivity index is 2.01. The van der Waals surface area contributed by atoms with Crippen molar-refractivity contribution < 1.29 is 0 Å². The van der Waals surface area contributed by atoms with Gasteiger partial charge in [-0.3, -0.25) is 0 Å². The maximum Gasteiger partial charge on any atom is 0.126 e. The molecule has 2 aromatic rings. The van der Waals surface area contributed by atoms with Gasteiger partial charge in [-0.25, -0.2) is 4.98 Å². The van der Waals surface area contributed by atoms with Gasteiger partial charge in [0.2, 0.25) is 0 Å². The van der Waals surface area contributed by atoms with Crippen LogP contribution in [0.2, 0.25) is 5.02 Å². The van der Waals surface area contributed by atoms with Gasteiger partial charge in [0, 0.05) is 48.3 Å². The molecule has 1 saturated heterocycles. The topological polar surface area (TPSA) is 45.4 Å². The Labute approximate surface area is 128 Å². The van der Waals surface area contributed by atoms with Gasteiger partial charge in [-0.15, -0.1) is 0 Å². The van der Waals surface area contributed by atoms with E-state index in [0.717, 1.165) is 42.8 Å². The lowest BCUT2D eigenvalue weighted by molar-refractivity contribution is 0.401. The van der Waals surface area contributed by atoms with Crippen LogP contribution >= 0.6 is 23.8 Å². The largest absolute Gasteiger partial charge is 0.384 e. The lowest BCUT2D eigenvalue weighted by Crippen LogP contribution is -2.45. The second-order valence-corrected chi connectivity index (χ2v) is 5.50. The number of thiocarbonyl (C=S) groups is 1. The van der Waals surface area contributed by atoms with Gasteiger partial charge in [-0.1, -0.05) is 23.8 Å². The fourth-order valence-corrected chi connectivity index (χ4v) is 2.91. The van der Waals surface area contributed by atoms with Gasteiger partial charge in [-0.2, -0.15) is 0 Å². The van der Waals surface area contributed by atoms with E-state index in [1.54, 1.807) is 5.49 Å². The maximum absolute atomic E-state index is 6.03. The molecule has 1 aliphatic rings. The third-order valence-corrected chi connectivity index (χ3v) is 4.11. The van der Waals surface area contributed by atoms with Gasteiger partial charge >= 0.3 is 0 Å². The Kier molecular flexibility index (Phi) is 3.63. The first-order valence-electron chi connectivity index (χ1n) is 6.47. The van der Waals surface area contributed by atoms with Crippen LogP contribution in [0, 0.1) is 0 Å². The predicted molar refractivity (Wildman–Crippen MR) is 88.6 cm³/mol. The fraction of sp³-hybridized carbons (Fsp3) is 0.286. The molecular formula is C14H15ClN4S. The summed E-state index contributed by atoms with van der Waals surface area (Å²) in [5, 5.41) is 1.76. The Hall–Kier alpha value is -1.59. The fourth-order valence-electron chi connectivity index (χ4n) is 2.53. The van der Waals surface area contributed by atoms with Crippen LogP contribution in [0.5, 0.6) is 0 Å². The van der Waals surface area contributed by atoms with E-state index in [1.165, 1.54) is 0 Å². The molecule has 104 valence electrons. The molecule has 0 unspecified atom stereocenters. The van der Waals surface area contributed by atoms with Crippen molar-refractivity contribution in [3.05, 3.63) is 29.3 Å². The smallest absolute Gasteiger partial charge is 0.126 e. The van der Waals surface area contributed by atoms with Crippen LogP contribution in [0.15, 0.2) is 24.3 Å². The van der Waals surface area contributed by atoms with Crippen LogP contribution in [0.4, 0.5) is 11.5 Å². The van der Waals surface area contributed by atoms with E-state index >= 15 is 0 Å². The number of halogens is 1. The van der Waals surface area contributed by atoms with Gasteiger partial charge in [0.1, 0.15) is 5.82 Å². The highest BCUT2D eigenvalue weighted by Crippen LogP contribution is 2.30. The number of hydrogen-bond acceptors (Lipinski definition) is 4. The molecule has 3 rings (SSSR count). The van der Waals surface area contributed by atoms with Crippen LogP contribution in [-0.2, 0) is 0 Å². The minimum Gasteiger partial charge on any atom is -0.384 e. The zero-order valence-corrected chi connectivity index (χ0v) is 12.5. The summed E-state index contributed by atoms with van der Waals surface area (Å²) in [7, 11) is 0. The van der Waals surface area contributed by atoms with E-state index in [9.17, 15) is 0 Å². The first kappa shape index (κ1) is 13.4. The number of rotatable bonds is 2. The normalized spacial score (nSPS) is 15.7. The second kappa shape index (κ2) is 5.42. The van der Waals surface area contributed by atoms with Crippen molar-refractivity contribution in [3.63, 3.8) is 0 Å². The van der Waals surface area contributed by atoms with Crippen LogP contribution in [-0.4, -0.2) is 41.6 Å². The number of aromatic nitrogens is 1. The SMILES string of the molecule is Nc1cc(N2CCN(C=S)CC2)c2ccc(Cl)cc2n1. The highest BCUT2D eigenvalue weighted by atomic mass is 35.5. The number of hydrogen-bond donors (Lipinski definition) is 1. The van der Waals surface area contributed by atoms with E-state index in [2.05, 4.69) is 14.8 Å². The van der Waals surface area contributed by atoms with Gasteiger partial charge in [0.05, 0.1) is 11.0 Å². The minimum atomic E-state index is 0.520. The van der Waals surface area contributed by atoms with Crippen molar-refractivity contribution in [3.8, 4) is 0 Å². The lowest BCUT2D eigenvalue weighted by atomic mass is 10.1. The monoisotopic (exact) mass is 306 g/mol. The Bertz CT molecular complexity index is 648. The maximum atomic E-state index is 6.03. The molecule has 0 atom stereocenters. The van der Waals surface area contributed by atoms with E-state index in [-0.39, 0.29) is 0 Å². The van der Waals surface area contributed by atoms with Crippen molar-refractivity contribution in [2.45, 2.75) is 0 Å². The van der Waals surface area contributed by atoms with Gasteiger partial charge in [-0.05, 0) is 18.2 Å². The lowest BCUT2D eigenvalue weighted by Gasteiger charge is -2.35. The number of piperazine rings is 1. The van der Waals surface area contributed by atoms with Crippen LogP contribution < -0.4 is 10.6 Å². The summed E-state index contributed by atoms with van der Waals surface area (Å²) in [6, 6.07) is 7.68. The summed E-state index contributed by atoms with van der Waals surface area (Å²) in [6.07, 6.45) is 0. The molecule has 1 aliphatic heterocycles. The standard InChI is InChI=1S/C14H15ClN4S/c15-10-1-2-11-12(7-10)17-14(16)8-13(11)19-5-3-18(9-20)4-6-19/h1-2,7-9H,3-6H2,(H2,16,17). The molecule has 0 radical (unpaired) electrons. The minimum absolute atomic E-state index is 0.520. The first-order chi connectivity index (χ1) is 9.67. The third kappa shape index (κ3) is 2.51. The molecule has 0 amide bonds. The summed E-state index contributed by atoms with van der Waals surface area (Å²) in [4.78, 5) is 8.83. The van der Waals surface area contributed by atoms with Gasteiger partial charge < -0.3 is 15.5 Å². The summed E-state index contributed by atoms with van der Waals surface area (Å²) in [5.41, 5.74) is 9.61. The number of nitrogens with zero attached hydrogens (tertiary/aromatic N) is 3. The molecule has 2 heterocycles. The van der Waals surface area contributed by atoms with E-state index in [4.69, 9.17) is 29.6 Å². The molecule has 20 heavy (non-hydrogen) atoms. The highest BCUT2D eigenvalue weighted by Gasteiger charge is 2.17. The van der Waals surface area contributed by atoms with Crippen molar-refractivity contribution in [1.82, 2.24) is 9.88 Å². The number of benzene rings is 1. The number of nitrogens with two attached hydrogens (primary N) is 1. The molecule has 1 fully saturated rings. The van der Waals surface area contributed by atoms with Crippen LogP contribution in [0.25, 0.3) is 10.9 Å². The average Bonchev–Trinajstić information content (AvgIpc) is 2.46. The molecule has 1 aromatic heterocycles. The number of anilines is 2. The zero-order chi connectivity index (χ0) is 14.1. The van der Waals surface area contributed by atoms with Crippen molar-refractivity contribution >= 4 is 51.7 Å². The van der Waals surface area contributed by atoms with E-state index < -0.39 is 0 Å². The molecule has 2 N–H and O–H groups in total. The number of fused-ring (bicyclic) bond motifs is 1. The molecule has 0 bridgehead atoms. The van der Waals surface area contributed by atoms with Crippen LogP contribution in [0.3, 0.4) is 0 Å². The Morgan fingerprint density at radius 2 is 1.95 bits per heavy atom. The van der Waals surface area contributed by atoms with Crippen molar-refractivity contribution in [1.29, 1.82) is 0 Å². The van der Waals surface area contributed by atoms with E-state index in [0.29, 0.717) is 10.8 Å². The van der Waals surface area contributed by atoms with Crippen LogP contribution in [0.1, 0.15) is 0 Å². The average molecular weight is 307 g/mol.